The van der Waals surface area contributed by atoms with E-state index in [1.807, 2.05) is 18.5 Å². The molecule has 0 aliphatic heterocycles. The normalized spacial score (nSPS) is 18.7. The number of H-pyrrole nitrogens is 1. The smallest absolute Gasteiger partial charge is 0.0565 e. The van der Waals surface area contributed by atoms with Crippen LogP contribution >= 0.6 is 11.6 Å². The van der Waals surface area contributed by atoms with Crippen LogP contribution in [0.4, 0.5) is 0 Å². The van der Waals surface area contributed by atoms with Gasteiger partial charge in [0.05, 0.1) is 6.20 Å². The molecule has 0 bridgehead atoms. The maximum absolute atomic E-state index is 6.09. The highest BCUT2D eigenvalue weighted by Crippen LogP contribution is 2.33. The van der Waals surface area contributed by atoms with Crippen molar-refractivity contribution in [1.82, 2.24) is 15.5 Å². The minimum atomic E-state index is 0.433. The summed E-state index contributed by atoms with van der Waals surface area (Å²) in [5, 5.41) is 11.3. The van der Waals surface area contributed by atoms with Crippen molar-refractivity contribution < 1.29 is 0 Å². The minimum Gasteiger partial charge on any atom is -0.314 e. The number of benzene rings is 1. The van der Waals surface area contributed by atoms with Gasteiger partial charge in [-0.2, -0.15) is 5.10 Å². The van der Waals surface area contributed by atoms with Crippen molar-refractivity contribution in [3.8, 4) is 11.1 Å². The van der Waals surface area contributed by atoms with E-state index < -0.39 is 0 Å². The lowest BCUT2D eigenvalue weighted by molar-refractivity contribution is 0.448. The molecule has 1 aliphatic rings. The molecular weight excluding hydrogens is 318 g/mol. The summed E-state index contributed by atoms with van der Waals surface area (Å²) in [5.41, 5.74) is 3.66. The Hall–Kier alpha value is -1.84. The first kappa shape index (κ1) is 17.0. The van der Waals surface area contributed by atoms with Gasteiger partial charge in [-0.1, -0.05) is 61.9 Å². The van der Waals surface area contributed by atoms with E-state index in [9.17, 15) is 0 Å². The number of hydrogen-bond donors (Lipinski definition) is 2. The Balaban J connectivity index is 1.80. The molecule has 0 saturated heterocycles. The van der Waals surface area contributed by atoms with Crippen LogP contribution in [0.25, 0.3) is 11.1 Å². The molecule has 0 saturated carbocycles. The van der Waals surface area contributed by atoms with E-state index in [-0.39, 0.29) is 0 Å². The third kappa shape index (κ3) is 4.16. The van der Waals surface area contributed by atoms with Crippen molar-refractivity contribution in [3.63, 3.8) is 0 Å². The number of aromatic nitrogens is 2. The minimum absolute atomic E-state index is 0.433. The molecule has 4 heteroatoms. The molecule has 1 aliphatic carbocycles. The Morgan fingerprint density at radius 1 is 1.25 bits per heavy atom. The Labute approximate surface area is 148 Å². The van der Waals surface area contributed by atoms with Gasteiger partial charge in [-0.05, 0) is 29.5 Å². The maximum atomic E-state index is 6.09. The molecule has 0 fully saturated rings. The number of nitrogens with one attached hydrogen (secondary N) is 2. The number of hydrogen-bond acceptors (Lipinski definition) is 2. The van der Waals surface area contributed by atoms with Crippen molar-refractivity contribution in [3.05, 3.63) is 65.5 Å². The standard InChI is InChI=1S/C20H24ClN3/c1-14(2)22-13-20(17-7-9-19(21)10-8-17)16-5-3-15(4-6-16)18-11-23-24-12-18/h3-7,9-12,14,17,20,22H,8,13H2,1-2H3,(H,23,24). The summed E-state index contributed by atoms with van der Waals surface area (Å²) in [4.78, 5) is 0. The molecule has 2 aromatic rings. The largest absolute Gasteiger partial charge is 0.314 e. The van der Waals surface area contributed by atoms with Gasteiger partial charge in [0.25, 0.3) is 0 Å². The van der Waals surface area contributed by atoms with Crippen LogP contribution in [-0.4, -0.2) is 22.8 Å². The van der Waals surface area contributed by atoms with Gasteiger partial charge in [0.2, 0.25) is 0 Å². The average molecular weight is 342 g/mol. The van der Waals surface area contributed by atoms with Crippen molar-refractivity contribution >= 4 is 11.6 Å². The molecule has 2 N–H and O–H groups in total. The van der Waals surface area contributed by atoms with E-state index in [4.69, 9.17) is 11.6 Å². The van der Waals surface area contributed by atoms with Crippen LogP contribution in [-0.2, 0) is 0 Å². The summed E-state index contributed by atoms with van der Waals surface area (Å²) in [7, 11) is 0. The van der Waals surface area contributed by atoms with Crippen LogP contribution < -0.4 is 5.32 Å². The number of halogens is 1. The van der Waals surface area contributed by atoms with Gasteiger partial charge in [0.1, 0.15) is 0 Å². The van der Waals surface area contributed by atoms with Gasteiger partial charge in [0, 0.05) is 35.3 Å². The molecule has 1 aromatic heterocycles. The highest BCUT2D eigenvalue weighted by Gasteiger charge is 2.22. The second-order valence-electron chi connectivity index (χ2n) is 6.63. The summed E-state index contributed by atoms with van der Waals surface area (Å²) in [6.45, 7) is 5.34. The molecule has 3 rings (SSSR count). The molecule has 126 valence electrons. The zero-order valence-corrected chi connectivity index (χ0v) is 14.9. The summed E-state index contributed by atoms with van der Waals surface area (Å²) in [5.74, 6) is 0.904. The second-order valence-corrected chi connectivity index (χ2v) is 7.06. The van der Waals surface area contributed by atoms with E-state index in [1.165, 1.54) is 11.1 Å². The summed E-state index contributed by atoms with van der Waals surface area (Å²) < 4.78 is 0. The second kappa shape index (κ2) is 7.82. The first-order valence-corrected chi connectivity index (χ1v) is 8.87. The lowest BCUT2D eigenvalue weighted by Gasteiger charge is -2.27. The fraction of sp³-hybridized carbons (Fsp3) is 0.350. The van der Waals surface area contributed by atoms with Crippen molar-refractivity contribution in [1.29, 1.82) is 0 Å². The molecule has 0 amide bonds. The predicted octanol–water partition coefficient (Wildman–Crippen LogP) is 4.86. The fourth-order valence-electron chi connectivity index (χ4n) is 3.12. The Morgan fingerprint density at radius 3 is 2.62 bits per heavy atom. The van der Waals surface area contributed by atoms with Crippen molar-refractivity contribution in [2.45, 2.75) is 32.2 Å². The monoisotopic (exact) mass is 341 g/mol. The topological polar surface area (TPSA) is 40.7 Å². The lowest BCUT2D eigenvalue weighted by atomic mass is 9.81. The number of nitrogens with zero attached hydrogens (tertiary/aromatic N) is 1. The molecule has 2 atom stereocenters. The average Bonchev–Trinajstić information content (AvgIpc) is 3.11. The zero-order chi connectivity index (χ0) is 16.9. The van der Waals surface area contributed by atoms with Gasteiger partial charge in [-0.25, -0.2) is 0 Å². The van der Waals surface area contributed by atoms with Gasteiger partial charge in [0.15, 0.2) is 0 Å². The number of rotatable bonds is 6. The summed E-state index contributed by atoms with van der Waals surface area (Å²) in [6.07, 6.45) is 11.2. The Morgan fingerprint density at radius 2 is 2.04 bits per heavy atom. The van der Waals surface area contributed by atoms with Gasteiger partial charge in [-0.15, -0.1) is 0 Å². The highest BCUT2D eigenvalue weighted by atomic mass is 35.5. The maximum Gasteiger partial charge on any atom is 0.0565 e. The molecular formula is C20H24ClN3. The van der Waals surface area contributed by atoms with Gasteiger partial charge in [-0.3, -0.25) is 5.10 Å². The third-order valence-corrected chi connectivity index (χ3v) is 4.80. The highest BCUT2D eigenvalue weighted by molar-refractivity contribution is 6.31. The van der Waals surface area contributed by atoms with Gasteiger partial charge < -0.3 is 5.32 Å². The predicted molar refractivity (Wildman–Crippen MR) is 101 cm³/mol. The van der Waals surface area contributed by atoms with Crippen LogP contribution in [0.2, 0.25) is 0 Å². The molecule has 24 heavy (non-hydrogen) atoms. The molecule has 2 unspecified atom stereocenters. The summed E-state index contributed by atoms with van der Waals surface area (Å²) in [6, 6.07) is 9.31. The van der Waals surface area contributed by atoms with Gasteiger partial charge >= 0.3 is 0 Å². The molecule has 3 nitrogen and oxygen atoms in total. The SMILES string of the molecule is CC(C)NCC(c1ccc(-c2cn[nH]c2)cc1)C1C=CC(Cl)=CC1. The fourth-order valence-corrected chi connectivity index (χ4v) is 3.28. The van der Waals surface area contributed by atoms with Crippen LogP contribution in [0.15, 0.2) is 59.9 Å². The van der Waals surface area contributed by atoms with Crippen molar-refractivity contribution in [2.24, 2.45) is 5.92 Å². The lowest BCUT2D eigenvalue weighted by Crippen LogP contribution is -2.31. The first-order chi connectivity index (χ1) is 11.6. The van der Waals surface area contributed by atoms with E-state index in [0.717, 1.165) is 23.6 Å². The van der Waals surface area contributed by atoms with E-state index in [2.05, 4.69) is 65.8 Å². The zero-order valence-electron chi connectivity index (χ0n) is 14.2. The van der Waals surface area contributed by atoms with Crippen LogP contribution in [0.3, 0.4) is 0 Å². The van der Waals surface area contributed by atoms with E-state index >= 15 is 0 Å². The molecule has 1 aromatic carbocycles. The van der Waals surface area contributed by atoms with Crippen LogP contribution in [0.5, 0.6) is 0 Å². The quantitative estimate of drug-likeness (QED) is 0.788. The third-order valence-electron chi connectivity index (χ3n) is 4.52. The van der Waals surface area contributed by atoms with Crippen LogP contribution in [0, 0.1) is 5.92 Å². The molecule has 1 heterocycles. The molecule has 0 radical (unpaired) electrons. The number of allylic oxidation sites excluding steroid dienone is 4. The molecule has 0 spiro atoms. The van der Waals surface area contributed by atoms with Crippen LogP contribution in [0.1, 0.15) is 31.7 Å². The Bertz CT molecular complexity index is 699. The Kier molecular flexibility index (Phi) is 5.54. The van der Waals surface area contributed by atoms with Crippen molar-refractivity contribution in [2.75, 3.05) is 6.54 Å². The summed E-state index contributed by atoms with van der Waals surface area (Å²) >= 11 is 6.09. The van der Waals surface area contributed by atoms with E-state index in [0.29, 0.717) is 17.9 Å². The van der Waals surface area contributed by atoms with E-state index in [1.54, 1.807) is 0 Å². The number of aromatic amines is 1. The first-order valence-electron chi connectivity index (χ1n) is 8.50.